The van der Waals surface area contributed by atoms with Gasteiger partial charge in [0, 0.05) is 32.3 Å². The van der Waals surface area contributed by atoms with E-state index in [9.17, 15) is 0 Å². The SMILES string of the molecule is Cc1ncc(C[n+]2csc(CCO)c2C)c(N)n1.[Cl-].c1c[nH]nn1. The number of aromatic nitrogens is 6. The smallest absolute Gasteiger partial charge is 0.225 e. The van der Waals surface area contributed by atoms with E-state index >= 15 is 0 Å². The lowest BCUT2D eigenvalue weighted by Crippen LogP contribution is -3.00. The van der Waals surface area contributed by atoms with Crippen molar-refractivity contribution in [3.63, 3.8) is 0 Å². The van der Waals surface area contributed by atoms with Gasteiger partial charge in [0.1, 0.15) is 11.6 Å². The lowest BCUT2D eigenvalue weighted by Gasteiger charge is -2.01. The number of aliphatic hydroxyl groups is 1. The van der Waals surface area contributed by atoms with E-state index in [0.29, 0.717) is 24.6 Å². The Labute approximate surface area is 150 Å². The van der Waals surface area contributed by atoms with Crippen molar-refractivity contribution in [2.45, 2.75) is 26.8 Å². The van der Waals surface area contributed by atoms with Crippen LogP contribution < -0.4 is 22.7 Å². The number of nitrogens with two attached hydrogens (primary N) is 1. The number of thiazole rings is 1. The molecule has 24 heavy (non-hydrogen) atoms. The number of aryl methyl sites for hydroxylation is 1. The third kappa shape index (κ3) is 5.52. The molecule has 0 aliphatic carbocycles. The van der Waals surface area contributed by atoms with Crippen LogP contribution in [0.1, 0.15) is 22.0 Å². The van der Waals surface area contributed by atoms with Gasteiger partial charge in [0.2, 0.25) is 5.51 Å². The predicted molar refractivity (Wildman–Crippen MR) is 86.7 cm³/mol. The zero-order valence-electron chi connectivity index (χ0n) is 13.5. The molecule has 0 saturated carbocycles. The zero-order valence-corrected chi connectivity index (χ0v) is 15.0. The fraction of sp³-hybridized carbons (Fsp3) is 0.357. The highest BCUT2D eigenvalue weighted by Crippen LogP contribution is 2.13. The molecular formula is C14H20ClN7OS. The summed E-state index contributed by atoms with van der Waals surface area (Å²) >= 11 is 1.65. The third-order valence-corrected chi connectivity index (χ3v) is 4.33. The lowest BCUT2D eigenvalue weighted by molar-refractivity contribution is -0.689. The first kappa shape index (κ1) is 19.9. The molecule has 0 aromatic carbocycles. The van der Waals surface area contributed by atoms with Crippen molar-refractivity contribution in [2.24, 2.45) is 0 Å². The third-order valence-electron chi connectivity index (χ3n) is 3.19. The Morgan fingerprint density at radius 1 is 1.38 bits per heavy atom. The van der Waals surface area contributed by atoms with Crippen molar-refractivity contribution < 1.29 is 22.1 Å². The highest BCUT2D eigenvalue weighted by Gasteiger charge is 2.16. The molecule has 0 amide bonds. The maximum absolute atomic E-state index is 8.98. The number of aliphatic hydroxyl groups excluding tert-OH is 1. The zero-order chi connectivity index (χ0) is 16.7. The number of rotatable bonds is 4. The fourth-order valence-electron chi connectivity index (χ4n) is 1.93. The van der Waals surface area contributed by atoms with Gasteiger partial charge in [-0.3, -0.25) is 5.10 Å². The molecule has 10 heteroatoms. The number of halogens is 1. The molecule has 0 atom stereocenters. The summed E-state index contributed by atoms with van der Waals surface area (Å²) in [5, 5.41) is 18.2. The second-order valence-corrected chi connectivity index (χ2v) is 5.76. The van der Waals surface area contributed by atoms with E-state index < -0.39 is 0 Å². The van der Waals surface area contributed by atoms with Crippen molar-refractivity contribution in [2.75, 3.05) is 12.3 Å². The van der Waals surface area contributed by atoms with Gasteiger partial charge in [-0.05, 0) is 6.92 Å². The fourth-order valence-corrected chi connectivity index (χ4v) is 2.92. The largest absolute Gasteiger partial charge is 1.00 e. The Hall–Kier alpha value is -2.10. The summed E-state index contributed by atoms with van der Waals surface area (Å²) in [5.41, 5.74) is 10.0. The van der Waals surface area contributed by atoms with Gasteiger partial charge in [-0.25, -0.2) is 9.97 Å². The summed E-state index contributed by atoms with van der Waals surface area (Å²) in [6.45, 7) is 4.71. The first-order valence-corrected chi connectivity index (χ1v) is 7.95. The van der Waals surface area contributed by atoms with Gasteiger partial charge < -0.3 is 23.2 Å². The minimum Gasteiger partial charge on any atom is -1.00 e. The van der Waals surface area contributed by atoms with Crippen LogP contribution in [-0.4, -0.2) is 37.1 Å². The van der Waals surface area contributed by atoms with Crippen molar-refractivity contribution in [3.05, 3.63) is 46.1 Å². The molecule has 0 radical (unpaired) electrons. The average Bonchev–Trinajstić information content (AvgIpc) is 3.19. The molecule has 0 bridgehead atoms. The lowest BCUT2D eigenvalue weighted by atomic mass is 10.2. The number of nitrogen functional groups attached to an aromatic ring is 1. The highest BCUT2D eigenvalue weighted by atomic mass is 35.5. The van der Waals surface area contributed by atoms with Gasteiger partial charge in [0.05, 0.1) is 16.6 Å². The summed E-state index contributed by atoms with van der Waals surface area (Å²) in [6, 6.07) is 0. The first-order chi connectivity index (χ1) is 11.1. The first-order valence-electron chi connectivity index (χ1n) is 7.07. The summed E-state index contributed by atoms with van der Waals surface area (Å²) in [4.78, 5) is 9.53. The number of anilines is 1. The Morgan fingerprint density at radius 3 is 2.71 bits per heavy atom. The van der Waals surface area contributed by atoms with Crippen molar-refractivity contribution in [3.8, 4) is 0 Å². The molecule has 3 aromatic rings. The van der Waals surface area contributed by atoms with Crippen molar-refractivity contribution in [1.82, 2.24) is 25.4 Å². The van der Waals surface area contributed by atoms with Crippen LogP contribution in [-0.2, 0) is 13.0 Å². The van der Waals surface area contributed by atoms with Crippen LogP contribution in [0.3, 0.4) is 0 Å². The highest BCUT2D eigenvalue weighted by molar-refractivity contribution is 7.09. The maximum Gasteiger partial charge on any atom is 0.225 e. The van der Waals surface area contributed by atoms with Crippen LogP contribution in [0, 0.1) is 13.8 Å². The molecule has 3 aromatic heterocycles. The topological polar surface area (TPSA) is 117 Å². The van der Waals surface area contributed by atoms with Gasteiger partial charge in [-0.15, -0.1) is 5.10 Å². The van der Waals surface area contributed by atoms with Gasteiger partial charge in [-0.2, -0.15) is 4.57 Å². The van der Waals surface area contributed by atoms with E-state index in [1.54, 1.807) is 29.9 Å². The van der Waals surface area contributed by atoms with Crippen molar-refractivity contribution >= 4 is 17.2 Å². The number of nitrogens with one attached hydrogen (secondary N) is 1. The van der Waals surface area contributed by atoms with E-state index in [4.69, 9.17) is 10.8 Å². The van der Waals surface area contributed by atoms with Crippen LogP contribution in [0.2, 0.25) is 0 Å². The molecule has 3 heterocycles. The monoisotopic (exact) mass is 369 g/mol. The number of H-pyrrole nitrogens is 1. The minimum absolute atomic E-state index is 0. The molecule has 0 aliphatic heterocycles. The van der Waals surface area contributed by atoms with Crippen LogP contribution in [0.15, 0.2) is 24.1 Å². The molecule has 130 valence electrons. The Kier molecular flexibility index (Phi) is 8.24. The standard InChI is InChI=1S/C12H17N4OS.C2H3N3.ClH/c1-8-11(3-4-17)18-7-16(8)6-10-5-14-9(2)15-12(10)13;1-2-4-5-3-1;/h5,7,17H,3-4,6H2,1-2H3,(H2,13,14,15);1-2H,(H,3,4,5);1H/q+1;;/p-1. The van der Waals surface area contributed by atoms with E-state index in [1.165, 1.54) is 4.88 Å². The Bertz CT molecular complexity index is 716. The second-order valence-electron chi connectivity index (χ2n) is 4.82. The molecule has 0 saturated heterocycles. The van der Waals surface area contributed by atoms with Gasteiger partial charge in [-0.1, -0.05) is 16.6 Å². The van der Waals surface area contributed by atoms with Crippen LogP contribution in [0.4, 0.5) is 5.82 Å². The van der Waals surface area contributed by atoms with E-state index in [1.807, 2.05) is 19.4 Å². The summed E-state index contributed by atoms with van der Waals surface area (Å²) in [6.07, 6.45) is 5.71. The summed E-state index contributed by atoms with van der Waals surface area (Å²) < 4.78 is 2.11. The van der Waals surface area contributed by atoms with Crippen LogP contribution in [0.25, 0.3) is 0 Å². The molecule has 0 fully saturated rings. The minimum atomic E-state index is 0. The molecule has 3 rings (SSSR count). The van der Waals surface area contributed by atoms with Crippen molar-refractivity contribution in [1.29, 1.82) is 0 Å². The quantitative estimate of drug-likeness (QED) is 0.435. The van der Waals surface area contributed by atoms with E-state index in [2.05, 4.69) is 29.9 Å². The maximum atomic E-state index is 8.98. The van der Waals surface area contributed by atoms with E-state index in [-0.39, 0.29) is 19.0 Å². The number of hydrogen-bond donors (Lipinski definition) is 3. The Morgan fingerprint density at radius 2 is 2.17 bits per heavy atom. The summed E-state index contributed by atoms with van der Waals surface area (Å²) in [5.74, 6) is 1.22. The van der Waals surface area contributed by atoms with Gasteiger partial charge in [0.25, 0.3) is 0 Å². The molecule has 4 N–H and O–H groups in total. The molecular weight excluding hydrogens is 350 g/mol. The van der Waals surface area contributed by atoms with Crippen LogP contribution >= 0.6 is 11.3 Å². The van der Waals surface area contributed by atoms with Crippen LogP contribution in [0.5, 0.6) is 0 Å². The van der Waals surface area contributed by atoms with Gasteiger partial charge in [0.15, 0.2) is 12.2 Å². The number of nitrogens with zero attached hydrogens (tertiary/aromatic N) is 5. The number of hydrogen-bond acceptors (Lipinski definition) is 7. The molecule has 8 nitrogen and oxygen atoms in total. The predicted octanol–water partition coefficient (Wildman–Crippen LogP) is -2.58. The normalized spacial score (nSPS) is 9.79. The summed E-state index contributed by atoms with van der Waals surface area (Å²) in [7, 11) is 0. The van der Waals surface area contributed by atoms with Gasteiger partial charge >= 0.3 is 0 Å². The van der Waals surface area contributed by atoms with E-state index in [0.717, 1.165) is 11.3 Å². The average molecular weight is 370 g/mol. The second kappa shape index (κ2) is 9.91. The molecule has 0 spiro atoms. The molecule has 0 aliphatic rings. The number of aromatic amines is 1. The Balaban J connectivity index is 0.000000412. The molecule has 0 unspecified atom stereocenters.